The number of aryl methyl sites for hydroxylation is 1. The minimum absolute atomic E-state index is 0.0186. The predicted octanol–water partition coefficient (Wildman–Crippen LogP) is 3.16. The number of hydrogen-bond acceptors (Lipinski definition) is 3. The van der Waals surface area contributed by atoms with Crippen LogP contribution in [0.4, 0.5) is 8.78 Å². The normalized spacial score (nSPS) is 12.6. The Morgan fingerprint density at radius 3 is 2.74 bits per heavy atom. The highest BCUT2D eigenvalue weighted by atomic mass is 32.1. The van der Waals surface area contributed by atoms with Crippen molar-refractivity contribution in [3.8, 4) is 0 Å². The van der Waals surface area contributed by atoms with Gasteiger partial charge in [0, 0.05) is 28.4 Å². The standard InChI is InChI=1S/C14H15F2NOS/c1-9-2-4-11(19-9)7-17-8-14(18)12-6-10(15)3-5-13(12)16/h2-6,14,17-18H,7-8H2,1H3. The minimum atomic E-state index is -1.06. The average molecular weight is 283 g/mol. The maximum absolute atomic E-state index is 13.4. The Bertz CT molecular complexity index is 556. The summed E-state index contributed by atoms with van der Waals surface area (Å²) in [5.74, 6) is -1.15. The van der Waals surface area contributed by atoms with Crippen molar-refractivity contribution in [1.82, 2.24) is 5.32 Å². The molecule has 2 N–H and O–H groups in total. The summed E-state index contributed by atoms with van der Waals surface area (Å²) in [6.07, 6.45) is -1.06. The zero-order chi connectivity index (χ0) is 13.8. The van der Waals surface area contributed by atoms with E-state index >= 15 is 0 Å². The molecule has 0 saturated carbocycles. The highest BCUT2D eigenvalue weighted by molar-refractivity contribution is 7.11. The first kappa shape index (κ1) is 14.1. The van der Waals surface area contributed by atoms with Crippen LogP contribution in [0.15, 0.2) is 30.3 Å². The van der Waals surface area contributed by atoms with Gasteiger partial charge in [-0.1, -0.05) is 0 Å². The first-order chi connectivity index (χ1) is 9.06. The Labute approximate surface area is 114 Å². The second kappa shape index (κ2) is 6.23. The summed E-state index contributed by atoms with van der Waals surface area (Å²) in [7, 11) is 0. The fourth-order valence-electron chi connectivity index (χ4n) is 1.79. The fraction of sp³-hybridized carbons (Fsp3) is 0.286. The summed E-state index contributed by atoms with van der Waals surface area (Å²) >= 11 is 1.66. The highest BCUT2D eigenvalue weighted by Gasteiger charge is 2.13. The van der Waals surface area contributed by atoms with Gasteiger partial charge >= 0.3 is 0 Å². The fourth-order valence-corrected chi connectivity index (χ4v) is 2.65. The second-order valence-corrected chi connectivity index (χ2v) is 5.70. The molecule has 0 bridgehead atoms. The molecule has 2 nitrogen and oxygen atoms in total. The largest absolute Gasteiger partial charge is 0.387 e. The van der Waals surface area contributed by atoms with Crippen LogP contribution in [0, 0.1) is 18.6 Å². The molecule has 1 heterocycles. The molecule has 0 aliphatic carbocycles. The van der Waals surface area contributed by atoms with Crippen molar-refractivity contribution in [3.63, 3.8) is 0 Å². The van der Waals surface area contributed by atoms with Crippen LogP contribution < -0.4 is 5.32 Å². The summed E-state index contributed by atoms with van der Waals surface area (Å²) < 4.78 is 26.4. The first-order valence-corrected chi connectivity index (χ1v) is 6.77. The SMILES string of the molecule is Cc1ccc(CNCC(O)c2cc(F)ccc2F)s1. The number of benzene rings is 1. The van der Waals surface area contributed by atoms with E-state index in [1.54, 1.807) is 11.3 Å². The molecule has 5 heteroatoms. The monoisotopic (exact) mass is 283 g/mol. The summed E-state index contributed by atoms with van der Waals surface area (Å²) in [6, 6.07) is 7.10. The molecule has 1 unspecified atom stereocenters. The minimum Gasteiger partial charge on any atom is -0.387 e. The Hall–Kier alpha value is -1.30. The molecule has 2 aromatic rings. The quantitative estimate of drug-likeness (QED) is 0.883. The lowest BCUT2D eigenvalue weighted by molar-refractivity contribution is 0.169. The van der Waals surface area contributed by atoms with E-state index in [1.165, 1.54) is 4.88 Å². The highest BCUT2D eigenvalue weighted by Crippen LogP contribution is 2.18. The van der Waals surface area contributed by atoms with Crippen LogP contribution in [0.25, 0.3) is 0 Å². The van der Waals surface area contributed by atoms with Crippen LogP contribution in [0.3, 0.4) is 0 Å². The number of aliphatic hydroxyl groups is 1. The van der Waals surface area contributed by atoms with Gasteiger partial charge in [-0.3, -0.25) is 0 Å². The maximum atomic E-state index is 13.4. The Morgan fingerprint density at radius 1 is 1.26 bits per heavy atom. The Morgan fingerprint density at radius 2 is 2.05 bits per heavy atom. The second-order valence-electron chi connectivity index (χ2n) is 4.32. The van der Waals surface area contributed by atoms with Crippen molar-refractivity contribution >= 4 is 11.3 Å². The van der Waals surface area contributed by atoms with Crippen molar-refractivity contribution < 1.29 is 13.9 Å². The predicted molar refractivity (Wildman–Crippen MR) is 72.1 cm³/mol. The molecule has 0 radical (unpaired) electrons. The lowest BCUT2D eigenvalue weighted by atomic mass is 10.1. The van der Waals surface area contributed by atoms with Crippen molar-refractivity contribution in [1.29, 1.82) is 0 Å². The third kappa shape index (κ3) is 3.83. The van der Waals surface area contributed by atoms with E-state index in [0.717, 1.165) is 23.1 Å². The number of aliphatic hydroxyl groups excluding tert-OH is 1. The van der Waals surface area contributed by atoms with Crippen molar-refractivity contribution in [3.05, 3.63) is 57.3 Å². The van der Waals surface area contributed by atoms with Crippen LogP contribution >= 0.6 is 11.3 Å². The van der Waals surface area contributed by atoms with Crippen LogP contribution in [-0.4, -0.2) is 11.7 Å². The summed E-state index contributed by atoms with van der Waals surface area (Å²) in [4.78, 5) is 2.36. The molecule has 0 saturated heterocycles. The van der Waals surface area contributed by atoms with Crippen LogP contribution in [0.2, 0.25) is 0 Å². The number of thiophene rings is 1. The molecule has 2 rings (SSSR count). The first-order valence-electron chi connectivity index (χ1n) is 5.95. The van der Waals surface area contributed by atoms with E-state index < -0.39 is 17.7 Å². The van der Waals surface area contributed by atoms with Crippen LogP contribution in [0.5, 0.6) is 0 Å². The molecule has 0 fully saturated rings. The van der Waals surface area contributed by atoms with E-state index in [9.17, 15) is 13.9 Å². The smallest absolute Gasteiger partial charge is 0.129 e. The molecule has 1 atom stereocenters. The van der Waals surface area contributed by atoms with Gasteiger partial charge < -0.3 is 10.4 Å². The van der Waals surface area contributed by atoms with Gasteiger partial charge in [0.1, 0.15) is 11.6 Å². The molecular weight excluding hydrogens is 268 g/mol. The van der Waals surface area contributed by atoms with Gasteiger partial charge in [0.25, 0.3) is 0 Å². The van der Waals surface area contributed by atoms with Crippen molar-refractivity contribution in [2.24, 2.45) is 0 Å². The van der Waals surface area contributed by atoms with Gasteiger partial charge in [-0.15, -0.1) is 11.3 Å². The van der Waals surface area contributed by atoms with Gasteiger partial charge in [-0.05, 0) is 37.3 Å². The Kier molecular flexibility index (Phi) is 4.63. The van der Waals surface area contributed by atoms with Gasteiger partial charge in [-0.25, -0.2) is 8.78 Å². The van der Waals surface area contributed by atoms with Gasteiger partial charge in [-0.2, -0.15) is 0 Å². The molecule has 1 aromatic carbocycles. The van der Waals surface area contributed by atoms with E-state index in [0.29, 0.717) is 6.54 Å². The lowest BCUT2D eigenvalue weighted by Crippen LogP contribution is -2.21. The average Bonchev–Trinajstić information content (AvgIpc) is 2.78. The van der Waals surface area contributed by atoms with E-state index in [1.807, 2.05) is 19.1 Å². The van der Waals surface area contributed by atoms with E-state index in [2.05, 4.69) is 5.32 Å². The molecule has 102 valence electrons. The molecule has 19 heavy (non-hydrogen) atoms. The zero-order valence-corrected chi connectivity index (χ0v) is 11.3. The number of halogens is 2. The summed E-state index contributed by atoms with van der Waals surface area (Å²) in [6.45, 7) is 2.80. The zero-order valence-electron chi connectivity index (χ0n) is 10.5. The number of rotatable bonds is 5. The third-order valence-corrected chi connectivity index (χ3v) is 3.75. The number of hydrogen-bond donors (Lipinski definition) is 2. The van der Waals surface area contributed by atoms with E-state index in [4.69, 9.17) is 0 Å². The maximum Gasteiger partial charge on any atom is 0.129 e. The van der Waals surface area contributed by atoms with Gasteiger partial charge in [0.2, 0.25) is 0 Å². The van der Waals surface area contributed by atoms with Crippen molar-refractivity contribution in [2.75, 3.05) is 6.54 Å². The number of nitrogens with one attached hydrogen (secondary N) is 1. The van der Waals surface area contributed by atoms with Crippen LogP contribution in [0.1, 0.15) is 21.4 Å². The molecule has 0 aliphatic rings. The molecular formula is C14H15F2NOS. The molecule has 0 spiro atoms. The van der Waals surface area contributed by atoms with Gasteiger partial charge in [0.15, 0.2) is 0 Å². The third-order valence-electron chi connectivity index (χ3n) is 2.75. The molecule has 0 amide bonds. The lowest BCUT2D eigenvalue weighted by Gasteiger charge is -2.12. The summed E-state index contributed by atoms with van der Waals surface area (Å²) in [5.41, 5.74) is -0.0186. The summed E-state index contributed by atoms with van der Waals surface area (Å²) in [5, 5.41) is 12.9. The van der Waals surface area contributed by atoms with E-state index in [-0.39, 0.29) is 12.1 Å². The van der Waals surface area contributed by atoms with Gasteiger partial charge in [0.05, 0.1) is 6.10 Å². The van der Waals surface area contributed by atoms with Crippen LogP contribution in [-0.2, 0) is 6.54 Å². The molecule has 0 aliphatic heterocycles. The molecule has 1 aromatic heterocycles. The topological polar surface area (TPSA) is 32.3 Å². The van der Waals surface area contributed by atoms with Crippen molar-refractivity contribution in [2.45, 2.75) is 19.6 Å². The Balaban J connectivity index is 1.90.